The number of amides is 1. The molecule has 3 rings (SSSR count). The molecule has 2 heterocycles. The van der Waals surface area contributed by atoms with E-state index in [4.69, 9.17) is 11.6 Å². The van der Waals surface area contributed by atoms with Crippen molar-refractivity contribution in [1.29, 1.82) is 0 Å². The number of halogens is 1. The average Bonchev–Trinajstić information content (AvgIpc) is 2.85. The molecule has 1 aromatic carbocycles. The number of rotatable bonds is 1. The Morgan fingerprint density at radius 3 is 3.06 bits per heavy atom. The quantitative estimate of drug-likeness (QED) is 0.789. The largest absolute Gasteiger partial charge is 0.332 e. The number of aromatic nitrogens is 2. The zero-order chi connectivity index (χ0) is 12.5. The maximum atomic E-state index is 12.3. The fourth-order valence-corrected chi connectivity index (χ4v) is 2.34. The third kappa shape index (κ3) is 1.99. The van der Waals surface area contributed by atoms with Crippen molar-refractivity contribution >= 4 is 17.5 Å². The van der Waals surface area contributed by atoms with E-state index in [9.17, 15) is 4.79 Å². The van der Waals surface area contributed by atoms with Gasteiger partial charge in [0.05, 0.1) is 6.54 Å². The first-order valence-electron chi connectivity index (χ1n) is 5.79. The normalized spacial score (nSPS) is 14.4. The first kappa shape index (κ1) is 11.3. The molecule has 0 saturated heterocycles. The Labute approximate surface area is 110 Å². The van der Waals surface area contributed by atoms with E-state index in [1.54, 1.807) is 35.4 Å². The second-order valence-corrected chi connectivity index (χ2v) is 4.71. The van der Waals surface area contributed by atoms with Gasteiger partial charge >= 0.3 is 0 Å². The van der Waals surface area contributed by atoms with E-state index in [0.29, 0.717) is 23.7 Å². The van der Waals surface area contributed by atoms with E-state index in [0.717, 1.165) is 12.4 Å². The SMILES string of the molecule is O=C(c1cccc(Cl)c1)N1CCn2ccnc2C1. The van der Waals surface area contributed by atoms with Crippen molar-refractivity contribution < 1.29 is 4.79 Å². The lowest BCUT2D eigenvalue weighted by atomic mass is 10.2. The summed E-state index contributed by atoms with van der Waals surface area (Å²) in [6.07, 6.45) is 3.71. The van der Waals surface area contributed by atoms with Crippen LogP contribution >= 0.6 is 11.6 Å². The van der Waals surface area contributed by atoms with Crippen molar-refractivity contribution in [1.82, 2.24) is 14.5 Å². The molecule has 0 aliphatic carbocycles. The number of hydrogen-bond donors (Lipinski definition) is 0. The highest BCUT2D eigenvalue weighted by atomic mass is 35.5. The number of benzene rings is 1. The minimum absolute atomic E-state index is 0.00625. The monoisotopic (exact) mass is 261 g/mol. The lowest BCUT2D eigenvalue weighted by Gasteiger charge is -2.27. The molecule has 0 unspecified atom stereocenters. The van der Waals surface area contributed by atoms with Crippen LogP contribution in [0.2, 0.25) is 5.02 Å². The highest BCUT2D eigenvalue weighted by Crippen LogP contribution is 2.16. The van der Waals surface area contributed by atoms with Crippen LogP contribution in [0.5, 0.6) is 0 Å². The van der Waals surface area contributed by atoms with Gasteiger partial charge in [0.25, 0.3) is 5.91 Å². The molecular formula is C13H12ClN3O. The summed E-state index contributed by atoms with van der Waals surface area (Å²) < 4.78 is 2.07. The second-order valence-electron chi connectivity index (χ2n) is 4.27. The van der Waals surface area contributed by atoms with Gasteiger partial charge in [-0.15, -0.1) is 0 Å². The van der Waals surface area contributed by atoms with Crippen LogP contribution < -0.4 is 0 Å². The summed E-state index contributed by atoms with van der Waals surface area (Å²) in [5.74, 6) is 0.934. The summed E-state index contributed by atoms with van der Waals surface area (Å²) in [6.45, 7) is 2.05. The molecule has 0 N–H and O–H groups in total. The second kappa shape index (κ2) is 4.46. The fourth-order valence-electron chi connectivity index (χ4n) is 2.15. The van der Waals surface area contributed by atoms with Gasteiger partial charge in [-0.05, 0) is 18.2 Å². The van der Waals surface area contributed by atoms with Crippen LogP contribution in [0.1, 0.15) is 16.2 Å². The van der Waals surface area contributed by atoms with E-state index >= 15 is 0 Å². The van der Waals surface area contributed by atoms with Gasteiger partial charge in [0.1, 0.15) is 5.82 Å². The first-order valence-corrected chi connectivity index (χ1v) is 6.17. The molecule has 0 radical (unpaired) electrons. The van der Waals surface area contributed by atoms with E-state index in [1.807, 2.05) is 6.20 Å². The van der Waals surface area contributed by atoms with Crippen molar-refractivity contribution in [2.24, 2.45) is 0 Å². The molecule has 18 heavy (non-hydrogen) atoms. The average molecular weight is 262 g/mol. The lowest BCUT2D eigenvalue weighted by molar-refractivity contribution is 0.0707. The zero-order valence-electron chi connectivity index (χ0n) is 9.71. The molecule has 5 heteroatoms. The van der Waals surface area contributed by atoms with E-state index < -0.39 is 0 Å². The van der Waals surface area contributed by atoms with Gasteiger partial charge in [-0.3, -0.25) is 4.79 Å². The third-order valence-electron chi connectivity index (χ3n) is 3.10. The van der Waals surface area contributed by atoms with E-state index in [-0.39, 0.29) is 5.91 Å². The van der Waals surface area contributed by atoms with Crippen LogP contribution in [0.15, 0.2) is 36.7 Å². The zero-order valence-corrected chi connectivity index (χ0v) is 10.5. The van der Waals surface area contributed by atoms with Crippen molar-refractivity contribution in [3.05, 3.63) is 53.1 Å². The van der Waals surface area contributed by atoms with Gasteiger partial charge in [0.15, 0.2) is 0 Å². The molecule has 0 fully saturated rings. The minimum Gasteiger partial charge on any atom is -0.332 e. The highest BCUT2D eigenvalue weighted by Gasteiger charge is 2.22. The molecule has 0 saturated carbocycles. The Kier molecular flexibility index (Phi) is 2.80. The van der Waals surface area contributed by atoms with Gasteiger partial charge in [0.2, 0.25) is 0 Å². The number of hydrogen-bond acceptors (Lipinski definition) is 2. The lowest BCUT2D eigenvalue weighted by Crippen LogP contribution is -2.38. The predicted octanol–water partition coefficient (Wildman–Crippen LogP) is 2.19. The Hall–Kier alpha value is -1.81. The topological polar surface area (TPSA) is 38.1 Å². The van der Waals surface area contributed by atoms with Gasteiger partial charge < -0.3 is 9.47 Å². The Balaban J connectivity index is 1.83. The van der Waals surface area contributed by atoms with Crippen LogP contribution in [0, 0.1) is 0 Å². The molecule has 4 nitrogen and oxygen atoms in total. The fraction of sp³-hybridized carbons (Fsp3) is 0.231. The van der Waals surface area contributed by atoms with Crippen molar-refractivity contribution in [3.63, 3.8) is 0 Å². The number of imidazole rings is 1. The smallest absolute Gasteiger partial charge is 0.254 e. The minimum atomic E-state index is 0.00625. The van der Waals surface area contributed by atoms with Crippen LogP contribution in [0.4, 0.5) is 0 Å². The van der Waals surface area contributed by atoms with Gasteiger partial charge in [0, 0.05) is 36.1 Å². The van der Waals surface area contributed by atoms with Crippen LogP contribution in [-0.4, -0.2) is 26.9 Å². The van der Waals surface area contributed by atoms with Crippen molar-refractivity contribution in [2.45, 2.75) is 13.1 Å². The van der Waals surface area contributed by atoms with Crippen LogP contribution in [0.3, 0.4) is 0 Å². The maximum Gasteiger partial charge on any atom is 0.254 e. The highest BCUT2D eigenvalue weighted by molar-refractivity contribution is 6.30. The first-order chi connectivity index (χ1) is 8.74. The summed E-state index contributed by atoms with van der Waals surface area (Å²) in [5, 5.41) is 0.583. The predicted molar refractivity (Wildman–Crippen MR) is 68.4 cm³/mol. The molecule has 92 valence electrons. The Morgan fingerprint density at radius 2 is 2.22 bits per heavy atom. The van der Waals surface area contributed by atoms with E-state index in [1.165, 1.54) is 0 Å². The molecule has 1 aliphatic rings. The van der Waals surface area contributed by atoms with Crippen LogP contribution in [0.25, 0.3) is 0 Å². The maximum absolute atomic E-state index is 12.3. The molecule has 2 aromatic rings. The summed E-state index contributed by atoms with van der Waals surface area (Å²) in [7, 11) is 0. The standard InChI is InChI=1S/C13H12ClN3O/c14-11-3-1-2-10(8-11)13(18)17-7-6-16-5-4-15-12(16)9-17/h1-5,8H,6-7,9H2. The number of carbonyl (C=O) groups is 1. The molecule has 1 aliphatic heterocycles. The molecule has 0 atom stereocenters. The molecule has 1 aromatic heterocycles. The Bertz CT molecular complexity index is 593. The molecule has 1 amide bonds. The molecule has 0 bridgehead atoms. The number of nitrogens with zero attached hydrogens (tertiary/aromatic N) is 3. The van der Waals surface area contributed by atoms with E-state index in [2.05, 4.69) is 9.55 Å². The number of carbonyl (C=O) groups excluding carboxylic acids is 1. The van der Waals surface area contributed by atoms with Gasteiger partial charge in [-0.1, -0.05) is 17.7 Å². The third-order valence-corrected chi connectivity index (χ3v) is 3.34. The number of fused-ring (bicyclic) bond motifs is 1. The summed E-state index contributed by atoms with van der Waals surface area (Å²) in [6, 6.07) is 7.04. The molecular weight excluding hydrogens is 250 g/mol. The van der Waals surface area contributed by atoms with Crippen molar-refractivity contribution in [3.8, 4) is 0 Å². The summed E-state index contributed by atoms with van der Waals surface area (Å²) in [4.78, 5) is 18.4. The Morgan fingerprint density at radius 1 is 1.33 bits per heavy atom. The van der Waals surface area contributed by atoms with Gasteiger partial charge in [-0.25, -0.2) is 4.98 Å². The summed E-state index contributed by atoms with van der Waals surface area (Å²) in [5.41, 5.74) is 0.627. The summed E-state index contributed by atoms with van der Waals surface area (Å²) >= 11 is 5.90. The van der Waals surface area contributed by atoms with Gasteiger partial charge in [-0.2, -0.15) is 0 Å². The van der Waals surface area contributed by atoms with Crippen molar-refractivity contribution in [2.75, 3.05) is 6.54 Å². The molecule has 0 spiro atoms. The van der Waals surface area contributed by atoms with Crippen LogP contribution in [-0.2, 0) is 13.1 Å².